The highest BCUT2D eigenvalue weighted by atomic mass is 16.2. The van der Waals surface area contributed by atoms with Crippen LogP contribution in [0.1, 0.15) is 12.8 Å². The summed E-state index contributed by atoms with van der Waals surface area (Å²) in [5.41, 5.74) is 6.55. The van der Waals surface area contributed by atoms with E-state index in [2.05, 4.69) is 10.2 Å². The van der Waals surface area contributed by atoms with Gasteiger partial charge in [0, 0.05) is 20.2 Å². The highest BCUT2D eigenvalue weighted by Gasteiger charge is 2.56. The van der Waals surface area contributed by atoms with Gasteiger partial charge >= 0.3 is 0 Å². The Morgan fingerprint density at radius 2 is 2.13 bits per heavy atom. The molecule has 1 saturated carbocycles. The lowest BCUT2D eigenvalue weighted by atomic mass is 10.1. The van der Waals surface area contributed by atoms with Crippen LogP contribution >= 0.6 is 0 Å². The molecule has 5 nitrogen and oxygen atoms in total. The summed E-state index contributed by atoms with van der Waals surface area (Å²) in [6, 6.07) is 1.91. The van der Waals surface area contributed by atoms with E-state index in [0.29, 0.717) is 5.82 Å². The fraction of sp³-hybridized carbons (Fsp3) is 0.500. The van der Waals surface area contributed by atoms with E-state index in [4.69, 9.17) is 5.73 Å². The minimum absolute atomic E-state index is 0.0960. The molecule has 1 aliphatic heterocycles. The maximum Gasteiger partial charge on any atom is 0.251 e. The van der Waals surface area contributed by atoms with Crippen LogP contribution in [-0.2, 0) is 11.8 Å². The Bertz CT molecular complexity index is 458. The summed E-state index contributed by atoms with van der Waals surface area (Å²) in [7, 11) is 3.82. The van der Waals surface area contributed by atoms with E-state index < -0.39 is 0 Å². The Labute approximate surface area is 87.8 Å². The third-order valence-corrected chi connectivity index (χ3v) is 3.63. The van der Waals surface area contributed by atoms with Crippen LogP contribution in [0.4, 0.5) is 17.3 Å². The second-order valence-electron chi connectivity index (χ2n) is 4.41. The number of rotatable bonds is 0. The van der Waals surface area contributed by atoms with Crippen LogP contribution in [0, 0.1) is 0 Å². The van der Waals surface area contributed by atoms with Crippen LogP contribution in [0.2, 0.25) is 0 Å². The Balaban J connectivity index is 2.17. The predicted octanol–water partition coefficient (Wildman–Crippen LogP) is 0.528. The Kier molecular flexibility index (Phi) is 1.32. The average Bonchev–Trinajstić information content (AvgIpc) is 2.95. The first-order valence-corrected chi connectivity index (χ1v) is 5.07. The number of hydrogen-bond acceptors (Lipinski definition) is 3. The molecule has 1 aliphatic carbocycles. The van der Waals surface area contributed by atoms with Gasteiger partial charge in [-0.25, -0.2) is 0 Å². The van der Waals surface area contributed by atoms with Crippen molar-refractivity contribution in [3.05, 3.63) is 6.07 Å². The van der Waals surface area contributed by atoms with Crippen LogP contribution in [0.25, 0.3) is 0 Å². The van der Waals surface area contributed by atoms with Crippen LogP contribution in [0.3, 0.4) is 0 Å². The van der Waals surface area contributed by atoms with Gasteiger partial charge in [-0.2, -0.15) is 0 Å². The predicted molar refractivity (Wildman–Crippen MR) is 58.8 cm³/mol. The molecule has 0 unspecified atom stereocenters. The number of amides is 1. The summed E-state index contributed by atoms with van der Waals surface area (Å²) in [6.45, 7) is 0. The molecule has 0 bridgehead atoms. The van der Waals surface area contributed by atoms with Crippen LogP contribution < -0.4 is 16.0 Å². The Morgan fingerprint density at radius 3 is 2.73 bits per heavy atom. The molecular weight excluding hydrogens is 192 g/mol. The molecule has 1 aromatic heterocycles. The standard InChI is InChI=1S/C10H14N4O/c1-13-7(11)5-6-8(13)12-9(15)10(3-4-10)14(6)2/h5H,3-4,11H2,1-2H3,(H,12,15). The van der Waals surface area contributed by atoms with Crippen molar-refractivity contribution in [2.45, 2.75) is 18.4 Å². The third kappa shape index (κ3) is 0.854. The van der Waals surface area contributed by atoms with E-state index >= 15 is 0 Å². The molecule has 0 radical (unpaired) electrons. The third-order valence-electron chi connectivity index (χ3n) is 3.63. The summed E-state index contributed by atoms with van der Waals surface area (Å²) in [5, 5.41) is 2.93. The van der Waals surface area contributed by atoms with Gasteiger partial charge in [-0.1, -0.05) is 0 Å². The summed E-state index contributed by atoms with van der Waals surface area (Å²) >= 11 is 0. The molecule has 1 fully saturated rings. The molecule has 1 spiro atoms. The van der Waals surface area contributed by atoms with Crippen molar-refractivity contribution in [2.75, 3.05) is 23.0 Å². The number of fused-ring (bicyclic) bond motifs is 1. The van der Waals surface area contributed by atoms with Crippen LogP contribution in [0.5, 0.6) is 0 Å². The number of nitrogens with two attached hydrogens (primary N) is 1. The number of nitrogens with one attached hydrogen (secondary N) is 1. The number of carbonyl (C=O) groups excluding carboxylic acids is 1. The molecule has 0 atom stereocenters. The van der Waals surface area contributed by atoms with Crippen LogP contribution in [-0.4, -0.2) is 23.1 Å². The zero-order valence-corrected chi connectivity index (χ0v) is 8.87. The molecule has 5 heteroatoms. The van der Waals surface area contributed by atoms with E-state index in [0.717, 1.165) is 24.3 Å². The lowest BCUT2D eigenvalue weighted by molar-refractivity contribution is -0.118. The van der Waals surface area contributed by atoms with Crippen LogP contribution in [0.15, 0.2) is 6.07 Å². The van der Waals surface area contributed by atoms with Gasteiger partial charge in [0.1, 0.15) is 17.2 Å². The number of hydrogen-bond donors (Lipinski definition) is 2. The second kappa shape index (κ2) is 2.29. The van der Waals surface area contributed by atoms with E-state index in [1.54, 1.807) is 4.57 Å². The quantitative estimate of drug-likeness (QED) is 0.650. The molecular formula is C10H14N4O. The van der Waals surface area contributed by atoms with Crippen molar-refractivity contribution in [2.24, 2.45) is 7.05 Å². The molecule has 2 heterocycles. The molecule has 15 heavy (non-hydrogen) atoms. The summed E-state index contributed by atoms with van der Waals surface area (Å²) in [4.78, 5) is 14.0. The number of aromatic nitrogens is 1. The zero-order chi connectivity index (χ0) is 10.8. The van der Waals surface area contributed by atoms with Gasteiger partial charge in [0.25, 0.3) is 5.91 Å². The summed E-state index contributed by atoms with van der Waals surface area (Å²) < 4.78 is 1.80. The first kappa shape index (κ1) is 8.64. The monoisotopic (exact) mass is 206 g/mol. The summed E-state index contributed by atoms with van der Waals surface area (Å²) in [5.74, 6) is 1.57. The molecule has 0 aromatic carbocycles. The van der Waals surface area contributed by atoms with Gasteiger partial charge in [-0.05, 0) is 12.8 Å². The van der Waals surface area contributed by atoms with E-state index in [1.807, 2.05) is 20.2 Å². The minimum atomic E-state index is -0.291. The lowest BCUT2D eigenvalue weighted by Gasteiger charge is -2.34. The molecule has 80 valence electrons. The average molecular weight is 206 g/mol. The van der Waals surface area contributed by atoms with E-state index in [1.165, 1.54) is 0 Å². The van der Waals surface area contributed by atoms with Crippen molar-refractivity contribution in [3.8, 4) is 0 Å². The van der Waals surface area contributed by atoms with Gasteiger partial charge in [0.05, 0.1) is 5.69 Å². The van der Waals surface area contributed by atoms with Gasteiger partial charge in [0.15, 0.2) is 0 Å². The topological polar surface area (TPSA) is 63.3 Å². The number of anilines is 3. The normalized spacial score (nSPS) is 21.5. The largest absolute Gasteiger partial charge is 0.385 e. The fourth-order valence-corrected chi connectivity index (χ4v) is 2.30. The van der Waals surface area contributed by atoms with Crippen molar-refractivity contribution in [3.63, 3.8) is 0 Å². The van der Waals surface area contributed by atoms with Crippen molar-refractivity contribution in [1.29, 1.82) is 0 Å². The van der Waals surface area contributed by atoms with Crippen molar-refractivity contribution < 1.29 is 4.79 Å². The zero-order valence-electron chi connectivity index (χ0n) is 8.87. The maximum absolute atomic E-state index is 11.9. The number of nitrogen functional groups attached to an aromatic ring is 1. The van der Waals surface area contributed by atoms with Gasteiger partial charge < -0.3 is 20.5 Å². The molecule has 3 rings (SSSR count). The molecule has 2 aliphatic rings. The number of carbonyl (C=O) groups is 1. The van der Waals surface area contributed by atoms with Gasteiger partial charge in [-0.3, -0.25) is 4.79 Å². The Morgan fingerprint density at radius 1 is 1.47 bits per heavy atom. The molecule has 1 aromatic rings. The maximum atomic E-state index is 11.9. The van der Waals surface area contributed by atoms with Crippen molar-refractivity contribution >= 4 is 23.2 Å². The molecule has 1 amide bonds. The fourth-order valence-electron chi connectivity index (χ4n) is 2.30. The van der Waals surface area contributed by atoms with Crippen molar-refractivity contribution in [1.82, 2.24) is 4.57 Å². The Hall–Kier alpha value is -1.65. The minimum Gasteiger partial charge on any atom is -0.385 e. The molecule has 0 saturated heterocycles. The first-order valence-electron chi connectivity index (χ1n) is 5.07. The highest BCUT2D eigenvalue weighted by Crippen LogP contribution is 2.50. The molecule has 3 N–H and O–H groups in total. The van der Waals surface area contributed by atoms with E-state index in [-0.39, 0.29) is 11.4 Å². The van der Waals surface area contributed by atoms with Gasteiger partial charge in [-0.15, -0.1) is 0 Å². The van der Waals surface area contributed by atoms with E-state index in [9.17, 15) is 4.79 Å². The highest BCUT2D eigenvalue weighted by molar-refractivity contribution is 6.08. The summed E-state index contributed by atoms with van der Waals surface area (Å²) in [6.07, 6.45) is 1.87. The second-order valence-corrected chi connectivity index (χ2v) is 4.41. The lowest BCUT2D eigenvalue weighted by Crippen LogP contribution is -2.48. The van der Waals surface area contributed by atoms with Gasteiger partial charge in [0.2, 0.25) is 0 Å². The number of nitrogens with zero attached hydrogens (tertiary/aromatic N) is 2. The smallest absolute Gasteiger partial charge is 0.251 e. The SMILES string of the molecule is CN1c2cc(N)n(C)c2NC(=O)C12CC2. The number of likely N-dealkylation sites (N-methyl/N-ethyl adjacent to an activating group) is 1. The first-order chi connectivity index (χ1) is 7.06.